The molecule has 0 spiro atoms. The zero-order valence-corrected chi connectivity index (χ0v) is 13.1. The number of ether oxygens (including phenoxy) is 2. The fourth-order valence-corrected chi connectivity index (χ4v) is 3.16. The first-order valence-electron chi connectivity index (χ1n) is 7.81. The molecular formula is C15H21F2N3O3. The maximum Gasteiger partial charge on any atom is 0.288 e. The van der Waals surface area contributed by atoms with Crippen LogP contribution in [0.15, 0.2) is 12.4 Å². The summed E-state index contributed by atoms with van der Waals surface area (Å²) in [5, 5.41) is 0. The molecule has 1 aromatic rings. The Morgan fingerprint density at radius 1 is 1.43 bits per heavy atom. The van der Waals surface area contributed by atoms with E-state index in [-0.39, 0.29) is 19.1 Å². The van der Waals surface area contributed by atoms with E-state index in [2.05, 4.69) is 4.98 Å². The van der Waals surface area contributed by atoms with Crippen molar-refractivity contribution in [3.63, 3.8) is 0 Å². The molecule has 0 bridgehead atoms. The van der Waals surface area contributed by atoms with Gasteiger partial charge >= 0.3 is 0 Å². The lowest BCUT2D eigenvalue weighted by Crippen LogP contribution is -2.46. The SMILES string of the molecule is Cn1ccnc1[C@@H]1OCCC[C@H]1C(=O)N1CCOCC(F)(F)C1. The highest BCUT2D eigenvalue weighted by atomic mass is 19.3. The Morgan fingerprint density at radius 3 is 3.00 bits per heavy atom. The highest BCUT2D eigenvalue weighted by Gasteiger charge is 2.42. The fraction of sp³-hybridized carbons (Fsp3) is 0.733. The average molecular weight is 329 g/mol. The van der Waals surface area contributed by atoms with Crippen LogP contribution < -0.4 is 0 Å². The lowest BCUT2D eigenvalue weighted by molar-refractivity contribution is -0.150. The van der Waals surface area contributed by atoms with E-state index in [4.69, 9.17) is 9.47 Å². The number of rotatable bonds is 2. The maximum absolute atomic E-state index is 13.7. The van der Waals surface area contributed by atoms with Crippen LogP contribution in [0, 0.1) is 5.92 Å². The first kappa shape index (κ1) is 16.3. The predicted octanol–water partition coefficient (Wildman–Crippen LogP) is 1.38. The van der Waals surface area contributed by atoms with Crippen molar-refractivity contribution in [3.8, 4) is 0 Å². The smallest absolute Gasteiger partial charge is 0.288 e. The third kappa shape index (κ3) is 3.53. The number of nitrogens with zero attached hydrogens (tertiary/aromatic N) is 3. The Labute approximate surface area is 133 Å². The second kappa shape index (κ2) is 6.52. The molecule has 0 unspecified atom stereocenters. The van der Waals surface area contributed by atoms with Gasteiger partial charge in [-0.05, 0) is 12.8 Å². The van der Waals surface area contributed by atoms with Crippen molar-refractivity contribution < 1.29 is 23.0 Å². The molecule has 8 heteroatoms. The summed E-state index contributed by atoms with van der Waals surface area (Å²) in [7, 11) is 1.83. The number of aromatic nitrogens is 2. The molecule has 0 aliphatic carbocycles. The highest BCUT2D eigenvalue weighted by molar-refractivity contribution is 5.79. The van der Waals surface area contributed by atoms with Gasteiger partial charge in [0.15, 0.2) is 0 Å². The number of carbonyl (C=O) groups excluding carboxylic acids is 1. The van der Waals surface area contributed by atoms with Gasteiger partial charge in [-0.1, -0.05) is 0 Å². The molecule has 128 valence electrons. The number of aryl methyl sites for hydroxylation is 1. The summed E-state index contributed by atoms with van der Waals surface area (Å²) in [6, 6.07) is 0. The van der Waals surface area contributed by atoms with E-state index in [9.17, 15) is 13.6 Å². The van der Waals surface area contributed by atoms with E-state index in [1.165, 1.54) is 4.90 Å². The summed E-state index contributed by atoms with van der Waals surface area (Å²) in [6.07, 6.45) is 4.28. The molecule has 3 rings (SSSR count). The number of hydrogen-bond acceptors (Lipinski definition) is 4. The average Bonchev–Trinajstić information content (AvgIpc) is 2.86. The van der Waals surface area contributed by atoms with E-state index in [1.807, 2.05) is 7.05 Å². The Balaban J connectivity index is 1.80. The van der Waals surface area contributed by atoms with Gasteiger partial charge in [0.05, 0.1) is 19.1 Å². The summed E-state index contributed by atoms with van der Waals surface area (Å²) >= 11 is 0. The van der Waals surface area contributed by atoms with Gasteiger partial charge in [0.2, 0.25) is 5.91 Å². The van der Waals surface area contributed by atoms with Gasteiger partial charge < -0.3 is 18.9 Å². The molecule has 0 aromatic carbocycles. The minimum atomic E-state index is -3.01. The summed E-state index contributed by atoms with van der Waals surface area (Å²) in [5.41, 5.74) is 0. The van der Waals surface area contributed by atoms with Crippen molar-refractivity contribution >= 4 is 5.91 Å². The minimum absolute atomic E-state index is 0.127. The molecule has 0 saturated carbocycles. The van der Waals surface area contributed by atoms with Gasteiger partial charge in [-0.25, -0.2) is 13.8 Å². The van der Waals surface area contributed by atoms with Crippen LogP contribution in [0.1, 0.15) is 24.8 Å². The van der Waals surface area contributed by atoms with E-state index < -0.39 is 31.1 Å². The third-order valence-corrected chi connectivity index (χ3v) is 4.31. The molecule has 0 N–H and O–H groups in total. The molecule has 0 radical (unpaired) electrons. The first-order chi connectivity index (χ1) is 11.0. The van der Waals surface area contributed by atoms with Gasteiger partial charge in [-0.2, -0.15) is 0 Å². The molecule has 1 amide bonds. The maximum atomic E-state index is 13.7. The zero-order valence-electron chi connectivity index (χ0n) is 13.1. The van der Waals surface area contributed by atoms with Crippen molar-refractivity contribution in [2.24, 2.45) is 13.0 Å². The van der Waals surface area contributed by atoms with Crippen molar-refractivity contribution in [3.05, 3.63) is 18.2 Å². The molecular weight excluding hydrogens is 308 g/mol. The van der Waals surface area contributed by atoms with Crippen LogP contribution in [0.3, 0.4) is 0 Å². The second-order valence-corrected chi connectivity index (χ2v) is 6.10. The molecule has 2 fully saturated rings. The number of imidazole rings is 1. The fourth-order valence-electron chi connectivity index (χ4n) is 3.16. The number of alkyl halides is 2. The monoisotopic (exact) mass is 329 g/mol. The Morgan fingerprint density at radius 2 is 2.26 bits per heavy atom. The molecule has 23 heavy (non-hydrogen) atoms. The summed E-state index contributed by atoms with van der Waals surface area (Å²) < 4.78 is 39.9. The van der Waals surface area contributed by atoms with E-state index in [0.29, 0.717) is 18.9 Å². The van der Waals surface area contributed by atoms with Gasteiger partial charge in [0, 0.05) is 32.6 Å². The zero-order chi connectivity index (χ0) is 16.4. The third-order valence-electron chi connectivity index (χ3n) is 4.31. The first-order valence-corrected chi connectivity index (χ1v) is 7.81. The number of carbonyl (C=O) groups is 1. The van der Waals surface area contributed by atoms with Crippen LogP contribution in [0.2, 0.25) is 0 Å². The largest absolute Gasteiger partial charge is 0.373 e. The number of amides is 1. The number of halogens is 2. The molecule has 2 aliphatic heterocycles. The second-order valence-electron chi connectivity index (χ2n) is 6.10. The molecule has 1 aromatic heterocycles. The molecule has 6 nitrogen and oxygen atoms in total. The molecule has 3 heterocycles. The summed E-state index contributed by atoms with van der Waals surface area (Å²) in [4.78, 5) is 18.3. The minimum Gasteiger partial charge on any atom is -0.373 e. The lowest BCUT2D eigenvalue weighted by Gasteiger charge is -2.34. The summed E-state index contributed by atoms with van der Waals surface area (Å²) in [6.45, 7) is -0.392. The van der Waals surface area contributed by atoms with Gasteiger partial charge in [-0.3, -0.25) is 4.79 Å². The quantitative estimate of drug-likeness (QED) is 0.823. The van der Waals surface area contributed by atoms with Crippen molar-refractivity contribution in [2.45, 2.75) is 24.9 Å². The molecule has 2 saturated heterocycles. The Bertz CT molecular complexity index is 564. The van der Waals surface area contributed by atoms with Crippen LogP contribution in [0.25, 0.3) is 0 Å². The topological polar surface area (TPSA) is 56.6 Å². The molecule has 2 atom stereocenters. The van der Waals surface area contributed by atoms with Crippen molar-refractivity contribution in [2.75, 3.05) is 32.9 Å². The van der Waals surface area contributed by atoms with E-state index in [1.54, 1.807) is 17.0 Å². The highest BCUT2D eigenvalue weighted by Crippen LogP contribution is 2.34. The van der Waals surface area contributed by atoms with Crippen molar-refractivity contribution in [1.29, 1.82) is 0 Å². The van der Waals surface area contributed by atoms with Gasteiger partial charge in [0.1, 0.15) is 18.5 Å². The normalized spacial score (nSPS) is 28.4. The van der Waals surface area contributed by atoms with Crippen LogP contribution in [-0.4, -0.2) is 59.2 Å². The van der Waals surface area contributed by atoms with Crippen LogP contribution in [0.5, 0.6) is 0 Å². The lowest BCUT2D eigenvalue weighted by atomic mass is 9.92. The van der Waals surface area contributed by atoms with Gasteiger partial charge in [0.25, 0.3) is 5.92 Å². The molecule has 2 aliphatic rings. The Hall–Kier alpha value is -1.54. The van der Waals surface area contributed by atoms with Crippen molar-refractivity contribution in [1.82, 2.24) is 14.5 Å². The summed E-state index contributed by atoms with van der Waals surface area (Å²) in [5.74, 6) is -3.15. The van der Waals surface area contributed by atoms with Crippen LogP contribution in [-0.2, 0) is 21.3 Å². The Kier molecular flexibility index (Phi) is 4.63. The number of hydrogen-bond donors (Lipinski definition) is 0. The van der Waals surface area contributed by atoms with E-state index in [0.717, 1.165) is 6.42 Å². The standard InChI is InChI=1S/C15H21F2N3O3/c1-19-5-4-18-13(19)12-11(3-2-7-23-12)14(21)20-6-8-22-10-15(16,17)9-20/h4-5,11-12H,2-3,6-10H2,1H3/t11-,12-/m1/s1. The van der Waals surface area contributed by atoms with Crippen LogP contribution >= 0.6 is 0 Å². The van der Waals surface area contributed by atoms with Gasteiger partial charge in [-0.15, -0.1) is 0 Å². The predicted molar refractivity (Wildman–Crippen MR) is 77.0 cm³/mol. The van der Waals surface area contributed by atoms with E-state index >= 15 is 0 Å². The van der Waals surface area contributed by atoms with Crippen LogP contribution in [0.4, 0.5) is 8.78 Å².